The second-order valence-electron chi connectivity index (χ2n) is 7.18. The number of hydrogen-bond acceptors (Lipinski definition) is 5. The molecule has 0 saturated carbocycles. The van der Waals surface area contributed by atoms with Crippen LogP contribution in [0.25, 0.3) is 0 Å². The van der Waals surface area contributed by atoms with Gasteiger partial charge in [0.05, 0.1) is 13.2 Å². The van der Waals surface area contributed by atoms with Crippen molar-refractivity contribution in [3.05, 3.63) is 11.6 Å². The molecule has 154 valence electrons. The van der Waals surface area contributed by atoms with Crippen molar-refractivity contribution in [3.8, 4) is 0 Å². The molecule has 0 bridgehead atoms. The minimum Gasteiger partial charge on any atom is -0.379 e. The van der Waals surface area contributed by atoms with E-state index in [1.807, 2.05) is 18.5 Å². The Morgan fingerprint density at radius 1 is 1.26 bits per heavy atom. The summed E-state index contributed by atoms with van der Waals surface area (Å²) < 4.78 is 7.50. The molecule has 1 aromatic heterocycles. The minimum atomic E-state index is 0. The molecule has 1 N–H and O–H groups in total. The van der Waals surface area contributed by atoms with Crippen molar-refractivity contribution in [3.63, 3.8) is 0 Å². The second-order valence-corrected chi connectivity index (χ2v) is 7.18. The Hall–Kier alpha value is -0.940. The number of hydrogen-bond donors (Lipinski definition) is 1. The van der Waals surface area contributed by atoms with Crippen molar-refractivity contribution in [2.45, 2.75) is 45.7 Å². The fraction of sp³-hybridized carbons (Fsp3) is 0.833. The summed E-state index contributed by atoms with van der Waals surface area (Å²) in [5, 5.41) is 11.9. The molecule has 1 aromatic rings. The van der Waals surface area contributed by atoms with Gasteiger partial charge < -0.3 is 19.5 Å². The van der Waals surface area contributed by atoms with E-state index in [0.717, 1.165) is 70.0 Å². The molecule has 1 unspecified atom stereocenters. The van der Waals surface area contributed by atoms with Crippen molar-refractivity contribution >= 4 is 29.9 Å². The van der Waals surface area contributed by atoms with Gasteiger partial charge in [0.2, 0.25) is 0 Å². The van der Waals surface area contributed by atoms with Crippen molar-refractivity contribution in [1.29, 1.82) is 0 Å². The van der Waals surface area contributed by atoms with E-state index in [0.29, 0.717) is 12.6 Å². The summed E-state index contributed by atoms with van der Waals surface area (Å²) in [4.78, 5) is 9.84. The predicted octanol–water partition coefficient (Wildman–Crippen LogP) is 1.39. The Balaban J connectivity index is 0.00000261. The fourth-order valence-corrected chi connectivity index (χ4v) is 3.55. The van der Waals surface area contributed by atoms with Gasteiger partial charge in [-0.15, -0.1) is 34.2 Å². The van der Waals surface area contributed by atoms with Crippen LogP contribution in [-0.4, -0.2) is 82.5 Å². The molecule has 8 nitrogen and oxygen atoms in total. The van der Waals surface area contributed by atoms with Gasteiger partial charge in [-0.05, 0) is 19.8 Å². The quantitative estimate of drug-likeness (QED) is 0.281. The number of nitrogens with one attached hydrogen (secondary N) is 1. The van der Waals surface area contributed by atoms with Crippen LogP contribution >= 0.6 is 24.0 Å². The van der Waals surface area contributed by atoms with Crippen molar-refractivity contribution in [2.24, 2.45) is 12.0 Å². The molecule has 0 amide bonds. The predicted molar refractivity (Wildman–Crippen MR) is 118 cm³/mol. The van der Waals surface area contributed by atoms with Crippen LogP contribution in [-0.2, 0) is 18.3 Å². The van der Waals surface area contributed by atoms with Crippen LogP contribution in [0.4, 0.5) is 0 Å². The highest BCUT2D eigenvalue weighted by atomic mass is 127. The zero-order chi connectivity index (χ0) is 18.4. The third-order valence-electron chi connectivity index (χ3n) is 5.39. The van der Waals surface area contributed by atoms with E-state index in [4.69, 9.17) is 9.73 Å². The number of aryl methyl sites for hydroxylation is 1. The molecule has 2 saturated heterocycles. The molecule has 3 heterocycles. The third kappa shape index (κ3) is 6.02. The SMILES string of the molecule is CCCCNC(=NCc1nnc(C)n1C)N1CCC(N2CCOCC2)C1.I. The fourth-order valence-electron chi connectivity index (χ4n) is 3.55. The lowest BCUT2D eigenvalue weighted by molar-refractivity contribution is 0.0195. The average Bonchev–Trinajstić information content (AvgIpc) is 3.27. The Morgan fingerprint density at radius 3 is 2.70 bits per heavy atom. The van der Waals surface area contributed by atoms with Crippen LogP contribution in [0.5, 0.6) is 0 Å². The zero-order valence-electron chi connectivity index (χ0n) is 16.9. The Labute approximate surface area is 179 Å². The van der Waals surface area contributed by atoms with Crippen molar-refractivity contribution < 1.29 is 4.74 Å². The van der Waals surface area contributed by atoms with Gasteiger partial charge in [-0.3, -0.25) is 4.90 Å². The molecule has 0 spiro atoms. The van der Waals surface area contributed by atoms with Gasteiger partial charge in [0.15, 0.2) is 11.8 Å². The maximum atomic E-state index is 5.49. The number of guanidine groups is 1. The number of unbranched alkanes of at least 4 members (excludes halogenated alkanes) is 1. The van der Waals surface area contributed by atoms with E-state index in [2.05, 4.69) is 32.2 Å². The van der Waals surface area contributed by atoms with E-state index in [1.165, 1.54) is 12.8 Å². The molecule has 2 aliphatic rings. The number of likely N-dealkylation sites (tertiary alicyclic amines) is 1. The first-order chi connectivity index (χ1) is 12.7. The van der Waals surface area contributed by atoms with E-state index in [-0.39, 0.29) is 24.0 Å². The number of ether oxygens (including phenoxy) is 1. The van der Waals surface area contributed by atoms with Crippen molar-refractivity contribution in [1.82, 2.24) is 29.9 Å². The molecule has 27 heavy (non-hydrogen) atoms. The number of aromatic nitrogens is 3. The van der Waals surface area contributed by atoms with E-state index in [1.54, 1.807) is 0 Å². The molecular weight excluding hydrogens is 457 g/mol. The summed E-state index contributed by atoms with van der Waals surface area (Å²) in [5.74, 6) is 2.83. The maximum absolute atomic E-state index is 5.49. The maximum Gasteiger partial charge on any atom is 0.194 e. The highest BCUT2D eigenvalue weighted by Crippen LogP contribution is 2.17. The molecular formula is C18H34IN7O. The summed E-state index contributed by atoms with van der Waals surface area (Å²) in [6.45, 7) is 11.6. The zero-order valence-corrected chi connectivity index (χ0v) is 19.2. The van der Waals surface area contributed by atoms with E-state index in [9.17, 15) is 0 Å². The molecule has 2 fully saturated rings. The molecule has 0 aromatic carbocycles. The minimum absolute atomic E-state index is 0. The van der Waals surface area contributed by atoms with Gasteiger partial charge in [0, 0.05) is 45.8 Å². The molecule has 9 heteroatoms. The van der Waals surface area contributed by atoms with Gasteiger partial charge in [0.1, 0.15) is 12.4 Å². The lowest BCUT2D eigenvalue weighted by atomic mass is 10.2. The number of nitrogens with zero attached hydrogens (tertiary/aromatic N) is 6. The second kappa shape index (κ2) is 11.2. The van der Waals surface area contributed by atoms with Crippen LogP contribution in [0.15, 0.2) is 4.99 Å². The van der Waals surface area contributed by atoms with E-state index >= 15 is 0 Å². The Kier molecular flexibility index (Phi) is 9.24. The normalized spacial score (nSPS) is 21.4. The van der Waals surface area contributed by atoms with Gasteiger partial charge in [-0.2, -0.15) is 0 Å². The summed E-state index contributed by atoms with van der Waals surface area (Å²) in [7, 11) is 1.99. The highest BCUT2D eigenvalue weighted by molar-refractivity contribution is 14.0. The number of morpholine rings is 1. The standard InChI is InChI=1S/C18H33N7O.HI/c1-4-5-7-19-18(20-13-17-22-21-15(2)23(17)3)25-8-6-16(14-25)24-9-11-26-12-10-24;/h16H,4-14H2,1-3H3,(H,19,20);1H. The summed E-state index contributed by atoms with van der Waals surface area (Å²) in [5.41, 5.74) is 0. The molecule has 1 atom stereocenters. The lowest BCUT2D eigenvalue weighted by Gasteiger charge is -2.32. The van der Waals surface area contributed by atoms with Gasteiger partial charge in [-0.1, -0.05) is 13.3 Å². The summed E-state index contributed by atoms with van der Waals surface area (Å²) in [6.07, 6.45) is 3.53. The van der Waals surface area contributed by atoms with Gasteiger partial charge in [0.25, 0.3) is 0 Å². The van der Waals surface area contributed by atoms with Crippen LogP contribution in [0, 0.1) is 6.92 Å². The summed E-state index contributed by atoms with van der Waals surface area (Å²) in [6, 6.07) is 0.606. The first-order valence-electron chi connectivity index (χ1n) is 9.89. The van der Waals surface area contributed by atoms with Crippen molar-refractivity contribution in [2.75, 3.05) is 45.9 Å². The van der Waals surface area contributed by atoms with Crippen LogP contribution in [0.1, 0.15) is 37.8 Å². The molecule has 0 radical (unpaired) electrons. The molecule has 0 aliphatic carbocycles. The average molecular weight is 491 g/mol. The number of halogens is 1. The van der Waals surface area contributed by atoms with Crippen LogP contribution < -0.4 is 5.32 Å². The van der Waals surface area contributed by atoms with Crippen LogP contribution in [0.2, 0.25) is 0 Å². The molecule has 2 aliphatic heterocycles. The van der Waals surface area contributed by atoms with Gasteiger partial charge in [-0.25, -0.2) is 4.99 Å². The van der Waals surface area contributed by atoms with Crippen LogP contribution in [0.3, 0.4) is 0 Å². The smallest absolute Gasteiger partial charge is 0.194 e. The first-order valence-corrected chi connectivity index (χ1v) is 9.89. The number of aliphatic imine (C=N–C) groups is 1. The summed E-state index contributed by atoms with van der Waals surface area (Å²) >= 11 is 0. The monoisotopic (exact) mass is 491 g/mol. The van der Waals surface area contributed by atoms with Gasteiger partial charge >= 0.3 is 0 Å². The largest absolute Gasteiger partial charge is 0.379 e. The third-order valence-corrected chi connectivity index (χ3v) is 5.39. The Morgan fingerprint density at radius 2 is 2.04 bits per heavy atom. The first kappa shape index (κ1) is 22.4. The number of rotatable bonds is 6. The topological polar surface area (TPSA) is 70.8 Å². The van der Waals surface area contributed by atoms with E-state index < -0.39 is 0 Å². The Bertz CT molecular complexity index is 601. The lowest BCUT2D eigenvalue weighted by Crippen LogP contribution is -2.46. The molecule has 3 rings (SSSR count). The highest BCUT2D eigenvalue weighted by Gasteiger charge is 2.30.